The average Bonchev–Trinajstić information content (AvgIpc) is 2.95. The van der Waals surface area contributed by atoms with Gasteiger partial charge in [-0.25, -0.2) is 4.99 Å². The molecule has 0 amide bonds. The molecule has 3 rings (SSSR count). The number of rotatable bonds is 4. The van der Waals surface area contributed by atoms with Crippen LogP contribution in [0.25, 0.3) is 11.3 Å². The highest BCUT2D eigenvalue weighted by molar-refractivity contribution is 5.84. The van der Waals surface area contributed by atoms with Gasteiger partial charge in [0.2, 0.25) is 0 Å². The van der Waals surface area contributed by atoms with Crippen molar-refractivity contribution >= 4 is 18.0 Å². The number of H-pyrrole nitrogens is 1. The highest BCUT2D eigenvalue weighted by Crippen LogP contribution is 2.28. The van der Waals surface area contributed by atoms with Crippen LogP contribution in [-0.2, 0) is 0 Å². The lowest BCUT2D eigenvalue weighted by molar-refractivity contribution is 0.415. The molecule has 0 spiro atoms. The lowest BCUT2D eigenvalue weighted by Crippen LogP contribution is -1.85. The van der Waals surface area contributed by atoms with Gasteiger partial charge in [0.15, 0.2) is 11.8 Å². The molecule has 0 aliphatic carbocycles. The van der Waals surface area contributed by atoms with Gasteiger partial charge in [-0.1, -0.05) is 30.3 Å². The Hall–Kier alpha value is -3.08. The van der Waals surface area contributed by atoms with Gasteiger partial charge in [-0.05, 0) is 29.8 Å². The summed E-state index contributed by atoms with van der Waals surface area (Å²) in [4.78, 5) is 11.7. The third-order valence-corrected chi connectivity index (χ3v) is 3.22. The molecule has 0 bridgehead atoms. The number of imidazole rings is 1. The minimum Gasteiger partial charge on any atom is -0.497 e. The molecule has 5 nitrogen and oxygen atoms in total. The molecule has 110 valence electrons. The van der Waals surface area contributed by atoms with E-state index in [-0.39, 0.29) is 0 Å². The zero-order chi connectivity index (χ0) is 15.4. The van der Waals surface area contributed by atoms with Gasteiger partial charge in [0.25, 0.3) is 0 Å². The van der Waals surface area contributed by atoms with Gasteiger partial charge in [-0.3, -0.25) is 0 Å². The highest BCUT2D eigenvalue weighted by atomic mass is 16.5. The third-order valence-electron chi connectivity index (χ3n) is 3.22. The Bertz CT molecular complexity index is 776. The number of ether oxygens (including phenoxy) is 1. The van der Waals surface area contributed by atoms with Crippen LogP contribution in [0, 0.1) is 0 Å². The monoisotopic (exact) mass is 292 g/mol. The maximum Gasteiger partial charge on any atom is 0.200 e. The van der Waals surface area contributed by atoms with Crippen LogP contribution in [-0.4, -0.2) is 23.3 Å². The second-order valence-electron chi connectivity index (χ2n) is 4.72. The Labute approximate surface area is 128 Å². The number of nitrogen functional groups attached to an aromatic ring is 1. The molecule has 0 atom stereocenters. The fourth-order valence-electron chi connectivity index (χ4n) is 2.11. The molecule has 0 radical (unpaired) electrons. The van der Waals surface area contributed by atoms with Crippen LogP contribution in [0.4, 0.5) is 11.8 Å². The van der Waals surface area contributed by atoms with E-state index in [0.717, 1.165) is 22.6 Å². The zero-order valence-corrected chi connectivity index (χ0v) is 12.2. The molecule has 1 heterocycles. The first-order valence-electron chi connectivity index (χ1n) is 6.85. The second-order valence-corrected chi connectivity index (χ2v) is 4.72. The van der Waals surface area contributed by atoms with Crippen molar-refractivity contribution in [1.82, 2.24) is 9.97 Å². The number of benzene rings is 2. The van der Waals surface area contributed by atoms with Gasteiger partial charge in [0, 0.05) is 11.8 Å². The Morgan fingerprint density at radius 1 is 1.09 bits per heavy atom. The quantitative estimate of drug-likeness (QED) is 0.723. The summed E-state index contributed by atoms with van der Waals surface area (Å²) in [5, 5.41) is 0. The topological polar surface area (TPSA) is 76.3 Å². The molecular formula is C17H16N4O. The molecule has 0 saturated heterocycles. The molecule has 0 aliphatic rings. The Kier molecular flexibility index (Phi) is 3.87. The SMILES string of the molecule is COc1ccc(C=Nc2nc(N)[nH]c2-c2ccccc2)cc1. The van der Waals surface area contributed by atoms with E-state index in [1.807, 2.05) is 54.6 Å². The number of aromatic nitrogens is 2. The van der Waals surface area contributed by atoms with E-state index in [0.29, 0.717) is 11.8 Å². The number of anilines is 1. The van der Waals surface area contributed by atoms with Crippen LogP contribution < -0.4 is 10.5 Å². The summed E-state index contributed by atoms with van der Waals surface area (Å²) >= 11 is 0. The summed E-state index contributed by atoms with van der Waals surface area (Å²) in [7, 11) is 1.64. The predicted octanol–water partition coefficient (Wildman–Crippen LogP) is 3.42. The van der Waals surface area contributed by atoms with Crippen molar-refractivity contribution in [1.29, 1.82) is 0 Å². The van der Waals surface area contributed by atoms with Crippen molar-refractivity contribution in [2.45, 2.75) is 0 Å². The summed E-state index contributed by atoms with van der Waals surface area (Å²) in [6.07, 6.45) is 1.75. The number of nitrogens with zero attached hydrogens (tertiary/aromatic N) is 2. The van der Waals surface area contributed by atoms with Crippen LogP contribution in [0.1, 0.15) is 5.56 Å². The first kappa shape index (κ1) is 13.9. The molecule has 2 aromatic carbocycles. The fraction of sp³-hybridized carbons (Fsp3) is 0.0588. The standard InChI is InChI=1S/C17H16N4O/c1-22-14-9-7-12(8-10-14)11-19-16-15(20-17(18)21-16)13-5-3-2-4-6-13/h2-11H,1H3,(H3,18,20,21). The summed E-state index contributed by atoms with van der Waals surface area (Å²) in [6.45, 7) is 0. The molecule has 0 saturated carbocycles. The van der Waals surface area contributed by atoms with Gasteiger partial charge in [-0.15, -0.1) is 0 Å². The van der Waals surface area contributed by atoms with Crippen molar-refractivity contribution in [3.05, 3.63) is 60.2 Å². The number of aliphatic imine (C=N–C) groups is 1. The van der Waals surface area contributed by atoms with E-state index in [1.54, 1.807) is 13.3 Å². The van der Waals surface area contributed by atoms with E-state index in [2.05, 4.69) is 15.0 Å². The van der Waals surface area contributed by atoms with E-state index in [9.17, 15) is 0 Å². The number of hydrogen-bond acceptors (Lipinski definition) is 4. The van der Waals surface area contributed by atoms with Crippen molar-refractivity contribution < 1.29 is 4.74 Å². The summed E-state index contributed by atoms with van der Waals surface area (Å²) < 4.78 is 5.13. The smallest absolute Gasteiger partial charge is 0.200 e. The van der Waals surface area contributed by atoms with Crippen LogP contribution in [0.3, 0.4) is 0 Å². The van der Waals surface area contributed by atoms with Crippen LogP contribution in [0.15, 0.2) is 59.6 Å². The summed E-state index contributed by atoms with van der Waals surface area (Å²) in [5.41, 5.74) is 8.53. The Morgan fingerprint density at radius 2 is 1.82 bits per heavy atom. The maximum absolute atomic E-state index is 5.77. The molecule has 3 aromatic rings. The van der Waals surface area contributed by atoms with Crippen molar-refractivity contribution in [2.24, 2.45) is 4.99 Å². The van der Waals surface area contributed by atoms with E-state index in [1.165, 1.54) is 0 Å². The third kappa shape index (κ3) is 2.98. The van der Waals surface area contributed by atoms with Crippen LogP contribution in [0.5, 0.6) is 5.75 Å². The average molecular weight is 292 g/mol. The number of aromatic amines is 1. The molecule has 1 aromatic heterocycles. The largest absolute Gasteiger partial charge is 0.497 e. The predicted molar refractivity (Wildman–Crippen MR) is 88.7 cm³/mol. The minimum atomic E-state index is 0.348. The highest BCUT2D eigenvalue weighted by Gasteiger charge is 2.09. The normalized spacial score (nSPS) is 11.0. The number of hydrogen-bond donors (Lipinski definition) is 2. The summed E-state index contributed by atoms with van der Waals surface area (Å²) in [6, 6.07) is 17.5. The first-order chi connectivity index (χ1) is 10.8. The van der Waals surface area contributed by atoms with Crippen molar-refractivity contribution in [3.8, 4) is 17.0 Å². The Balaban J connectivity index is 1.90. The Morgan fingerprint density at radius 3 is 2.50 bits per heavy atom. The van der Waals surface area contributed by atoms with Crippen molar-refractivity contribution in [3.63, 3.8) is 0 Å². The van der Waals surface area contributed by atoms with Crippen LogP contribution in [0.2, 0.25) is 0 Å². The molecule has 22 heavy (non-hydrogen) atoms. The molecular weight excluding hydrogens is 276 g/mol. The van der Waals surface area contributed by atoms with E-state index >= 15 is 0 Å². The minimum absolute atomic E-state index is 0.348. The van der Waals surface area contributed by atoms with Gasteiger partial charge in [-0.2, -0.15) is 4.98 Å². The molecule has 0 fully saturated rings. The molecule has 5 heteroatoms. The molecule has 0 unspecified atom stereocenters. The van der Waals surface area contributed by atoms with E-state index in [4.69, 9.17) is 10.5 Å². The maximum atomic E-state index is 5.77. The summed E-state index contributed by atoms with van der Waals surface area (Å²) in [5.74, 6) is 1.73. The van der Waals surface area contributed by atoms with Crippen molar-refractivity contribution in [2.75, 3.05) is 12.8 Å². The lowest BCUT2D eigenvalue weighted by atomic mass is 10.1. The second kappa shape index (κ2) is 6.13. The molecule has 0 aliphatic heterocycles. The molecule has 3 N–H and O–H groups in total. The van der Waals surface area contributed by atoms with E-state index < -0.39 is 0 Å². The van der Waals surface area contributed by atoms with Gasteiger partial charge < -0.3 is 15.5 Å². The number of nitrogens with two attached hydrogens (primary N) is 1. The van der Waals surface area contributed by atoms with Gasteiger partial charge in [0.1, 0.15) is 5.75 Å². The van der Waals surface area contributed by atoms with Gasteiger partial charge in [0.05, 0.1) is 12.8 Å². The fourth-order valence-corrected chi connectivity index (χ4v) is 2.11. The first-order valence-corrected chi connectivity index (χ1v) is 6.85. The van der Waals surface area contributed by atoms with Gasteiger partial charge >= 0.3 is 0 Å². The zero-order valence-electron chi connectivity index (χ0n) is 12.2. The lowest BCUT2D eigenvalue weighted by Gasteiger charge is -2.00. The number of nitrogens with one attached hydrogen (secondary N) is 1. The van der Waals surface area contributed by atoms with Crippen LogP contribution >= 0.6 is 0 Å². The number of methoxy groups -OCH3 is 1.